The molecule has 1 aromatic rings. The number of ether oxygens (including phenoxy) is 1. The van der Waals surface area contributed by atoms with Crippen molar-refractivity contribution < 1.29 is 14.6 Å². The smallest absolute Gasteiger partial charge is 0.255 e. The van der Waals surface area contributed by atoms with Gasteiger partial charge in [-0.15, -0.1) is 0 Å². The number of hydrogen-bond donors (Lipinski definition) is 2. The summed E-state index contributed by atoms with van der Waals surface area (Å²) in [6.45, 7) is 1.80. The number of nitrogens with one attached hydrogen (secondary N) is 1. The van der Waals surface area contributed by atoms with Crippen molar-refractivity contribution in [1.82, 2.24) is 5.32 Å². The van der Waals surface area contributed by atoms with Crippen LogP contribution in [0.2, 0.25) is 5.02 Å². The van der Waals surface area contributed by atoms with E-state index in [4.69, 9.17) is 21.4 Å². The Morgan fingerprint density at radius 1 is 1.62 bits per heavy atom. The minimum atomic E-state index is -0.581. The number of aliphatic hydroxyl groups is 1. The van der Waals surface area contributed by atoms with E-state index in [0.717, 1.165) is 0 Å². The first-order valence-corrected chi connectivity index (χ1v) is 5.22. The molecule has 0 aliphatic rings. The highest BCUT2D eigenvalue weighted by molar-refractivity contribution is 6.30. The number of rotatable bonds is 4. The quantitative estimate of drug-likeness (QED) is 0.842. The van der Waals surface area contributed by atoms with Crippen molar-refractivity contribution in [2.75, 3.05) is 13.7 Å². The molecule has 0 saturated heterocycles. The van der Waals surface area contributed by atoms with Gasteiger partial charge in [0.1, 0.15) is 5.75 Å². The van der Waals surface area contributed by atoms with Gasteiger partial charge in [-0.05, 0) is 25.1 Å². The van der Waals surface area contributed by atoms with E-state index in [9.17, 15) is 4.79 Å². The third kappa shape index (κ3) is 3.40. The lowest BCUT2D eigenvalue weighted by atomic mass is 10.2. The maximum absolute atomic E-state index is 11.7. The fourth-order valence-electron chi connectivity index (χ4n) is 1.19. The average Bonchev–Trinajstić information content (AvgIpc) is 2.25. The van der Waals surface area contributed by atoms with E-state index in [1.54, 1.807) is 25.1 Å². The summed E-state index contributed by atoms with van der Waals surface area (Å²) < 4.78 is 5.05. The number of amides is 1. The fraction of sp³-hybridized carbons (Fsp3) is 0.364. The summed E-state index contributed by atoms with van der Waals surface area (Å²) in [6.07, 6.45) is -0.581. The van der Waals surface area contributed by atoms with Crippen LogP contribution < -0.4 is 10.1 Å². The first kappa shape index (κ1) is 12.8. The Bertz CT molecular complexity index is 379. The maximum atomic E-state index is 11.7. The van der Waals surface area contributed by atoms with Gasteiger partial charge < -0.3 is 15.2 Å². The Labute approximate surface area is 99.2 Å². The van der Waals surface area contributed by atoms with E-state index in [1.165, 1.54) is 7.11 Å². The lowest BCUT2D eigenvalue weighted by Crippen LogP contribution is -2.30. The predicted octanol–water partition coefficient (Wildman–Crippen LogP) is 1.46. The lowest BCUT2D eigenvalue weighted by Gasteiger charge is -2.10. The Balaban J connectivity index is 2.82. The van der Waals surface area contributed by atoms with Gasteiger partial charge in [-0.25, -0.2) is 0 Å². The van der Waals surface area contributed by atoms with E-state index >= 15 is 0 Å². The van der Waals surface area contributed by atoms with Gasteiger partial charge in [-0.3, -0.25) is 4.79 Å². The standard InChI is InChI=1S/C11H14ClNO3/c1-7(14)6-13-11(15)9-4-3-8(12)5-10(9)16-2/h3-5,7,14H,6H2,1-2H3,(H,13,15)/t7-/m0/s1. The summed E-state index contributed by atoms with van der Waals surface area (Å²) in [4.78, 5) is 11.7. The van der Waals surface area contributed by atoms with E-state index in [1.807, 2.05) is 0 Å². The minimum absolute atomic E-state index is 0.199. The monoisotopic (exact) mass is 243 g/mol. The van der Waals surface area contributed by atoms with Crippen LogP contribution >= 0.6 is 11.6 Å². The van der Waals surface area contributed by atoms with E-state index in [-0.39, 0.29) is 12.5 Å². The largest absolute Gasteiger partial charge is 0.496 e. The average molecular weight is 244 g/mol. The van der Waals surface area contributed by atoms with Gasteiger partial charge in [0, 0.05) is 11.6 Å². The predicted molar refractivity (Wildman–Crippen MR) is 62.0 cm³/mol. The lowest BCUT2D eigenvalue weighted by molar-refractivity contribution is 0.0921. The number of halogens is 1. The minimum Gasteiger partial charge on any atom is -0.496 e. The topological polar surface area (TPSA) is 58.6 Å². The summed E-state index contributed by atoms with van der Waals surface area (Å²) in [5.74, 6) is 0.116. The molecule has 16 heavy (non-hydrogen) atoms. The molecule has 2 N–H and O–H groups in total. The molecule has 0 radical (unpaired) electrons. The van der Waals surface area contributed by atoms with Crippen LogP contribution in [0.1, 0.15) is 17.3 Å². The van der Waals surface area contributed by atoms with E-state index in [2.05, 4.69) is 5.32 Å². The van der Waals surface area contributed by atoms with Gasteiger partial charge in [0.05, 0.1) is 18.8 Å². The maximum Gasteiger partial charge on any atom is 0.255 e. The molecule has 1 atom stereocenters. The summed E-state index contributed by atoms with van der Waals surface area (Å²) in [7, 11) is 1.47. The van der Waals surface area contributed by atoms with Gasteiger partial charge in [0.15, 0.2) is 0 Å². The second kappa shape index (κ2) is 5.72. The summed E-state index contributed by atoms with van der Waals surface area (Å²) in [6, 6.07) is 4.76. The highest BCUT2D eigenvalue weighted by atomic mass is 35.5. The number of hydrogen-bond acceptors (Lipinski definition) is 3. The number of aliphatic hydroxyl groups excluding tert-OH is 1. The summed E-state index contributed by atoms with van der Waals surface area (Å²) in [5, 5.41) is 12.1. The first-order chi connectivity index (χ1) is 7.54. The molecular weight excluding hydrogens is 230 g/mol. The zero-order valence-electron chi connectivity index (χ0n) is 9.16. The molecule has 0 bridgehead atoms. The molecule has 0 aliphatic carbocycles. The van der Waals surface area contributed by atoms with Gasteiger partial charge in [-0.2, -0.15) is 0 Å². The number of carbonyl (C=O) groups excluding carboxylic acids is 1. The molecule has 0 unspecified atom stereocenters. The summed E-state index contributed by atoms with van der Waals surface area (Å²) >= 11 is 5.78. The number of methoxy groups -OCH3 is 1. The third-order valence-corrected chi connectivity index (χ3v) is 2.20. The normalized spacial score (nSPS) is 12.0. The Hall–Kier alpha value is -1.26. The molecule has 0 aromatic heterocycles. The van der Waals surface area contributed by atoms with Crippen molar-refractivity contribution in [1.29, 1.82) is 0 Å². The molecule has 0 aliphatic heterocycles. The molecule has 1 amide bonds. The molecule has 4 nitrogen and oxygen atoms in total. The van der Waals surface area contributed by atoms with Crippen molar-refractivity contribution in [2.24, 2.45) is 0 Å². The molecule has 0 saturated carbocycles. The Morgan fingerprint density at radius 2 is 2.31 bits per heavy atom. The second-order valence-electron chi connectivity index (χ2n) is 3.40. The van der Waals surface area contributed by atoms with Crippen LogP contribution in [0, 0.1) is 0 Å². The molecule has 88 valence electrons. The number of benzene rings is 1. The molecule has 0 spiro atoms. The number of carbonyl (C=O) groups is 1. The van der Waals surface area contributed by atoms with E-state index in [0.29, 0.717) is 16.3 Å². The molecule has 1 rings (SSSR count). The molecule has 0 heterocycles. The molecule has 1 aromatic carbocycles. The highest BCUT2D eigenvalue weighted by Gasteiger charge is 2.12. The van der Waals surface area contributed by atoms with Crippen LogP contribution in [0.25, 0.3) is 0 Å². The molecule has 0 fully saturated rings. The van der Waals surface area contributed by atoms with Crippen LogP contribution in [-0.2, 0) is 0 Å². The van der Waals surface area contributed by atoms with Crippen LogP contribution in [-0.4, -0.2) is 30.8 Å². The zero-order chi connectivity index (χ0) is 12.1. The second-order valence-corrected chi connectivity index (χ2v) is 3.84. The van der Waals surface area contributed by atoms with Crippen molar-refractivity contribution in [3.63, 3.8) is 0 Å². The zero-order valence-corrected chi connectivity index (χ0v) is 9.91. The van der Waals surface area contributed by atoms with Crippen LogP contribution in [0.3, 0.4) is 0 Å². The highest BCUT2D eigenvalue weighted by Crippen LogP contribution is 2.22. The van der Waals surface area contributed by atoms with E-state index < -0.39 is 6.10 Å². The van der Waals surface area contributed by atoms with Crippen molar-refractivity contribution in [2.45, 2.75) is 13.0 Å². The van der Waals surface area contributed by atoms with Gasteiger partial charge in [0.2, 0.25) is 0 Å². The van der Waals surface area contributed by atoms with Crippen molar-refractivity contribution in [3.05, 3.63) is 28.8 Å². The first-order valence-electron chi connectivity index (χ1n) is 4.84. The summed E-state index contributed by atoms with van der Waals surface area (Å²) in [5.41, 5.74) is 0.396. The van der Waals surface area contributed by atoms with Crippen LogP contribution in [0.5, 0.6) is 5.75 Å². The molecular formula is C11H14ClNO3. The third-order valence-electron chi connectivity index (χ3n) is 1.97. The fourth-order valence-corrected chi connectivity index (χ4v) is 1.35. The Kier molecular flexibility index (Phi) is 4.58. The molecule has 5 heteroatoms. The van der Waals surface area contributed by atoms with Crippen molar-refractivity contribution >= 4 is 17.5 Å². The van der Waals surface area contributed by atoms with Crippen molar-refractivity contribution in [3.8, 4) is 5.75 Å². The van der Waals surface area contributed by atoms with Crippen LogP contribution in [0.4, 0.5) is 0 Å². The van der Waals surface area contributed by atoms with Crippen LogP contribution in [0.15, 0.2) is 18.2 Å². The van der Waals surface area contributed by atoms with Gasteiger partial charge >= 0.3 is 0 Å². The Morgan fingerprint density at radius 3 is 2.88 bits per heavy atom. The van der Waals surface area contributed by atoms with Gasteiger partial charge in [0.25, 0.3) is 5.91 Å². The SMILES string of the molecule is COc1cc(Cl)ccc1C(=O)NC[C@H](C)O. The van der Waals surface area contributed by atoms with Gasteiger partial charge in [-0.1, -0.05) is 11.6 Å².